The first kappa shape index (κ1) is 16.7. The maximum atomic E-state index is 6.03. The standard InChI is InChI=1S/C18H21N5O.ClH/c1-12-2-3-13-10-19-17(20-15(13)8-12)21-16-9-18(24-22-16)11-23-6-4-14(18)5-7-23;/h2-3,8,10,14H,4-7,9,11H2,1H3,(H,19,20,21,22);1H/t18-;/m0./s1. The Kier molecular flexibility index (Phi) is 4.14. The number of benzene rings is 1. The van der Waals surface area contributed by atoms with Gasteiger partial charge in [-0.3, -0.25) is 10.3 Å². The van der Waals surface area contributed by atoms with Crippen molar-refractivity contribution in [1.29, 1.82) is 0 Å². The number of hydroxylamine groups is 1. The van der Waals surface area contributed by atoms with Crippen molar-refractivity contribution in [2.75, 3.05) is 19.6 Å². The zero-order chi connectivity index (χ0) is 16.1. The average molecular weight is 360 g/mol. The van der Waals surface area contributed by atoms with Crippen LogP contribution in [0.3, 0.4) is 0 Å². The number of nitrogens with one attached hydrogen (secondary N) is 1. The van der Waals surface area contributed by atoms with Crippen molar-refractivity contribution in [2.24, 2.45) is 10.9 Å². The van der Waals surface area contributed by atoms with E-state index in [9.17, 15) is 0 Å². The third-order valence-electron chi connectivity index (χ3n) is 5.62. The highest BCUT2D eigenvalue weighted by Crippen LogP contribution is 2.42. The first-order chi connectivity index (χ1) is 11.7. The summed E-state index contributed by atoms with van der Waals surface area (Å²) < 4.78 is 0. The van der Waals surface area contributed by atoms with Gasteiger partial charge in [0.15, 0.2) is 0 Å². The molecule has 0 amide bonds. The molecule has 0 radical (unpaired) electrons. The molecule has 1 N–H and O–H groups in total. The highest BCUT2D eigenvalue weighted by molar-refractivity contribution is 5.86. The van der Waals surface area contributed by atoms with Crippen molar-refractivity contribution in [3.63, 3.8) is 0 Å². The molecule has 7 heteroatoms. The van der Waals surface area contributed by atoms with Crippen LogP contribution in [0.15, 0.2) is 29.4 Å². The summed E-state index contributed by atoms with van der Waals surface area (Å²) in [5, 5.41) is 1.04. The summed E-state index contributed by atoms with van der Waals surface area (Å²) in [4.78, 5) is 22.1. The molecule has 6 nitrogen and oxygen atoms in total. The number of hydrogen-bond acceptors (Lipinski definition) is 5. The Labute approximate surface area is 153 Å². The lowest BCUT2D eigenvalue weighted by Gasteiger charge is -2.49. The molecule has 6 rings (SSSR count). The van der Waals surface area contributed by atoms with Crippen molar-refractivity contribution in [1.82, 2.24) is 20.3 Å². The van der Waals surface area contributed by atoms with E-state index in [-0.39, 0.29) is 18.0 Å². The van der Waals surface area contributed by atoms with Gasteiger partial charge in [-0.25, -0.2) is 9.97 Å². The predicted octanol–water partition coefficient (Wildman–Crippen LogP) is 2.78. The molecular weight excluding hydrogens is 338 g/mol. The van der Waals surface area contributed by atoms with Gasteiger partial charge in [-0.2, -0.15) is 4.99 Å². The Bertz CT molecular complexity index is 833. The summed E-state index contributed by atoms with van der Waals surface area (Å²) in [7, 11) is 0. The highest BCUT2D eigenvalue weighted by atomic mass is 35.5. The first-order valence-electron chi connectivity index (χ1n) is 8.68. The number of amidine groups is 1. The van der Waals surface area contributed by atoms with Crippen LogP contribution in [0.4, 0.5) is 5.95 Å². The minimum absolute atomic E-state index is 0. The van der Waals surface area contributed by atoms with Crippen LogP contribution in [0.1, 0.15) is 24.8 Å². The van der Waals surface area contributed by atoms with Crippen LogP contribution in [-0.2, 0) is 4.84 Å². The van der Waals surface area contributed by atoms with Gasteiger partial charge < -0.3 is 4.90 Å². The normalized spacial score (nSPS) is 32.1. The molecule has 4 aliphatic rings. The number of halogens is 1. The Balaban J connectivity index is 0.00000157. The number of rotatable bonds is 1. The van der Waals surface area contributed by atoms with Crippen LogP contribution in [0.25, 0.3) is 10.9 Å². The third-order valence-corrected chi connectivity index (χ3v) is 5.62. The number of aryl methyl sites for hydroxylation is 1. The van der Waals surface area contributed by atoms with Crippen LogP contribution in [0, 0.1) is 12.8 Å². The van der Waals surface area contributed by atoms with Crippen molar-refractivity contribution in [3.05, 3.63) is 30.0 Å². The molecule has 4 fully saturated rings. The van der Waals surface area contributed by atoms with Gasteiger partial charge >= 0.3 is 0 Å². The van der Waals surface area contributed by atoms with Gasteiger partial charge in [0.25, 0.3) is 5.95 Å². The molecule has 1 atom stereocenters. The monoisotopic (exact) mass is 359 g/mol. The molecule has 1 aromatic carbocycles. The van der Waals surface area contributed by atoms with Crippen LogP contribution in [0.2, 0.25) is 0 Å². The van der Waals surface area contributed by atoms with Crippen molar-refractivity contribution in [2.45, 2.75) is 31.8 Å². The maximum Gasteiger partial charge on any atom is 0.251 e. The van der Waals surface area contributed by atoms with E-state index >= 15 is 0 Å². The lowest BCUT2D eigenvalue weighted by Crippen LogP contribution is -2.59. The molecular formula is C18H22ClN5O. The third kappa shape index (κ3) is 2.88. The summed E-state index contributed by atoms with van der Waals surface area (Å²) in [5.41, 5.74) is 5.06. The van der Waals surface area contributed by atoms with E-state index in [1.54, 1.807) is 0 Å². The van der Waals surface area contributed by atoms with Gasteiger partial charge in [-0.1, -0.05) is 12.1 Å². The van der Waals surface area contributed by atoms with E-state index in [1.807, 2.05) is 12.3 Å². The number of aliphatic imine (C=N–C) groups is 1. The van der Waals surface area contributed by atoms with E-state index < -0.39 is 0 Å². The average Bonchev–Trinajstić information content (AvgIpc) is 2.97. The Morgan fingerprint density at radius 1 is 1.32 bits per heavy atom. The van der Waals surface area contributed by atoms with Gasteiger partial charge in [0.2, 0.25) is 0 Å². The molecule has 132 valence electrons. The van der Waals surface area contributed by atoms with Crippen molar-refractivity contribution in [3.8, 4) is 0 Å². The van der Waals surface area contributed by atoms with Crippen LogP contribution in [-0.4, -0.2) is 45.9 Å². The smallest absolute Gasteiger partial charge is 0.251 e. The quantitative estimate of drug-likeness (QED) is 0.848. The molecule has 1 aromatic heterocycles. The molecule has 0 aliphatic carbocycles. The number of fused-ring (bicyclic) bond motifs is 3. The minimum Gasteiger partial charge on any atom is -0.300 e. The Hall–Kier alpha value is -1.76. The number of hydrogen-bond donors (Lipinski definition) is 1. The second-order valence-electron chi connectivity index (χ2n) is 7.29. The van der Waals surface area contributed by atoms with E-state index in [2.05, 4.69) is 44.4 Å². The molecule has 2 aromatic rings. The molecule has 0 saturated carbocycles. The fourth-order valence-corrected chi connectivity index (χ4v) is 4.32. The summed E-state index contributed by atoms with van der Waals surface area (Å²) >= 11 is 0. The van der Waals surface area contributed by atoms with Crippen molar-refractivity contribution < 1.29 is 4.84 Å². The molecule has 2 bridgehead atoms. The Morgan fingerprint density at radius 2 is 2.16 bits per heavy atom. The number of piperidine rings is 3. The van der Waals surface area contributed by atoms with E-state index in [1.165, 1.54) is 31.5 Å². The molecule has 0 unspecified atom stereocenters. The van der Waals surface area contributed by atoms with E-state index in [4.69, 9.17) is 4.84 Å². The van der Waals surface area contributed by atoms with Gasteiger partial charge in [0.1, 0.15) is 11.4 Å². The zero-order valence-electron chi connectivity index (χ0n) is 14.2. The lowest BCUT2D eigenvalue weighted by atomic mass is 9.74. The molecule has 5 heterocycles. The molecule has 1 spiro atoms. The largest absolute Gasteiger partial charge is 0.300 e. The lowest BCUT2D eigenvalue weighted by molar-refractivity contribution is -0.150. The van der Waals surface area contributed by atoms with Gasteiger partial charge in [0.05, 0.1) is 5.52 Å². The van der Waals surface area contributed by atoms with Crippen LogP contribution < -0.4 is 5.48 Å². The van der Waals surface area contributed by atoms with Crippen LogP contribution >= 0.6 is 12.4 Å². The van der Waals surface area contributed by atoms with E-state index in [0.717, 1.165) is 29.7 Å². The Morgan fingerprint density at radius 3 is 2.92 bits per heavy atom. The molecule has 25 heavy (non-hydrogen) atoms. The first-order valence-corrected chi connectivity index (χ1v) is 8.68. The highest BCUT2D eigenvalue weighted by Gasteiger charge is 2.52. The number of nitrogens with zero attached hydrogens (tertiary/aromatic N) is 4. The maximum absolute atomic E-state index is 6.03. The van der Waals surface area contributed by atoms with Crippen molar-refractivity contribution >= 4 is 35.1 Å². The zero-order valence-corrected chi connectivity index (χ0v) is 15.1. The van der Waals surface area contributed by atoms with Gasteiger partial charge in [0, 0.05) is 24.5 Å². The van der Waals surface area contributed by atoms with E-state index in [0.29, 0.717) is 11.9 Å². The van der Waals surface area contributed by atoms with Gasteiger partial charge in [-0.15, -0.1) is 12.4 Å². The summed E-state index contributed by atoms with van der Waals surface area (Å²) in [5.74, 6) is 1.97. The fraction of sp³-hybridized carbons (Fsp3) is 0.500. The predicted molar refractivity (Wildman–Crippen MR) is 99.4 cm³/mol. The summed E-state index contributed by atoms with van der Waals surface area (Å²) in [6, 6.07) is 6.18. The second kappa shape index (κ2) is 6.20. The summed E-state index contributed by atoms with van der Waals surface area (Å²) in [6.45, 7) is 5.48. The topological polar surface area (TPSA) is 62.6 Å². The SMILES string of the molecule is Cc1ccc2cnc(/N=C3/C[C@@]4(CN5CCC4CC5)ON3)nc2c1.Cl. The minimum atomic E-state index is -0.108. The van der Waals surface area contributed by atoms with Crippen LogP contribution in [0.5, 0.6) is 0 Å². The number of aromatic nitrogens is 2. The molecule has 4 saturated heterocycles. The fourth-order valence-electron chi connectivity index (χ4n) is 4.32. The second-order valence-corrected chi connectivity index (χ2v) is 7.29. The summed E-state index contributed by atoms with van der Waals surface area (Å²) in [6.07, 6.45) is 5.10. The van der Waals surface area contributed by atoms with Gasteiger partial charge in [-0.05, 0) is 50.4 Å². The molecule has 4 aliphatic heterocycles.